The topological polar surface area (TPSA) is 138 Å². The van der Waals surface area contributed by atoms with Gasteiger partial charge in [0.1, 0.15) is 23.9 Å². The van der Waals surface area contributed by atoms with Crippen LogP contribution in [0.15, 0.2) is 113 Å². The number of aromatic nitrogens is 1. The van der Waals surface area contributed by atoms with E-state index >= 15 is 0 Å². The Kier molecular flexibility index (Phi) is 9.29. The molecule has 0 saturated heterocycles. The highest BCUT2D eigenvalue weighted by molar-refractivity contribution is 5.94. The average Bonchev–Trinajstić information content (AvgIpc) is 3.66. The fourth-order valence-electron chi connectivity index (χ4n) is 4.43. The third kappa shape index (κ3) is 7.79. The molecule has 11 nitrogen and oxygen atoms in total. The van der Waals surface area contributed by atoms with Crippen molar-refractivity contribution in [2.75, 3.05) is 0 Å². The number of carbonyl (C=O) groups excluding carboxylic acids is 2. The van der Waals surface area contributed by atoms with Crippen molar-refractivity contribution in [3.63, 3.8) is 0 Å². The Morgan fingerprint density at radius 3 is 2.40 bits per heavy atom. The summed E-state index contributed by atoms with van der Waals surface area (Å²) in [7, 11) is 0. The number of benzene rings is 3. The number of aryl methyl sites for hydroxylation is 2. The minimum absolute atomic E-state index is 0.0172. The molecule has 45 heavy (non-hydrogen) atoms. The lowest BCUT2D eigenvalue weighted by Gasteiger charge is -2.10. The van der Waals surface area contributed by atoms with E-state index in [1.807, 2.05) is 68.4 Å². The molecule has 0 spiro atoms. The van der Waals surface area contributed by atoms with E-state index in [0.29, 0.717) is 11.5 Å². The lowest BCUT2D eigenvalue weighted by atomic mass is 10.2. The van der Waals surface area contributed by atoms with Gasteiger partial charge in [0.15, 0.2) is 5.76 Å². The van der Waals surface area contributed by atoms with Crippen molar-refractivity contribution in [3.05, 3.63) is 147 Å². The normalized spacial score (nSPS) is 11.2. The zero-order valence-electron chi connectivity index (χ0n) is 24.4. The van der Waals surface area contributed by atoms with Crippen LogP contribution < -0.4 is 14.9 Å². The first-order valence-electron chi connectivity index (χ1n) is 13.8. The Hall–Kier alpha value is -6.23. The molecule has 0 bridgehead atoms. The molecule has 2 heterocycles. The first-order chi connectivity index (χ1) is 21.8. The molecule has 226 valence electrons. The number of hydrogen-bond donors (Lipinski definition) is 1. The van der Waals surface area contributed by atoms with Crippen LogP contribution in [0.25, 0.3) is 11.8 Å². The molecule has 5 rings (SSSR count). The molecule has 3 aromatic carbocycles. The van der Waals surface area contributed by atoms with Crippen LogP contribution in [0.4, 0.5) is 5.69 Å². The molecule has 0 saturated carbocycles. The van der Waals surface area contributed by atoms with E-state index in [0.717, 1.165) is 28.9 Å². The van der Waals surface area contributed by atoms with Gasteiger partial charge in [-0.05, 0) is 80.1 Å². The number of nitrogens with zero attached hydrogens (tertiary/aromatic N) is 3. The molecule has 11 heteroatoms. The van der Waals surface area contributed by atoms with E-state index in [1.165, 1.54) is 30.3 Å². The summed E-state index contributed by atoms with van der Waals surface area (Å²) in [5.74, 6) is -0.298. The van der Waals surface area contributed by atoms with E-state index in [4.69, 9.17) is 13.9 Å². The predicted molar refractivity (Wildman–Crippen MR) is 168 cm³/mol. The molecule has 2 aromatic heterocycles. The largest absolute Gasteiger partial charge is 0.486 e. The molecule has 1 amide bonds. The number of carbonyl (C=O) groups is 2. The minimum atomic E-state index is -0.696. The van der Waals surface area contributed by atoms with Gasteiger partial charge in [-0.3, -0.25) is 14.9 Å². The van der Waals surface area contributed by atoms with Gasteiger partial charge in [0, 0.05) is 40.8 Å². The lowest BCUT2D eigenvalue weighted by Crippen LogP contribution is -2.17. The summed E-state index contributed by atoms with van der Waals surface area (Å²) in [5.41, 5.74) is 6.25. The number of non-ortho nitro benzene ring substituents is 1. The SMILES string of the molecule is Cc1ccc(C)n1-c1ccc(OCc2ccc(C(=O)N/N=C/c3cc([N+](=O)[O-])ccc3OC(=O)/C=C/c3ccccc3)o2)cc1. The summed E-state index contributed by atoms with van der Waals surface area (Å²) in [4.78, 5) is 35.7. The van der Waals surface area contributed by atoms with Gasteiger partial charge in [-0.15, -0.1) is 0 Å². The van der Waals surface area contributed by atoms with Crippen molar-refractivity contribution < 1.29 is 28.4 Å². The van der Waals surface area contributed by atoms with Crippen LogP contribution in [0.3, 0.4) is 0 Å². The second kappa shape index (κ2) is 13.8. The van der Waals surface area contributed by atoms with Crippen molar-refractivity contribution in [2.45, 2.75) is 20.5 Å². The van der Waals surface area contributed by atoms with Crippen LogP contribution in [-0.2, 0) is 11.4 Å². The fourth-order valence-corrected chi connectivity index (χ4v) is 4.43. The highest BCUT2D eigenvalue weighted by Gasteiger charge is 2.14. The quantitative estimate of drug-likeness (QED) is 0.0450. The highest BCUT2D eigenvalue weighted by atomic mass is 16.6. The number of amides is 1. The zero-order valence-corrected chi connectivity index (χ0v) is 24.4. The first kappa shape index (κ1) is 30.2. The van der Waals surface area contributed by atoms with Gasteiger partial charge in [0.25, 0.3) is 5.69 Å². The molecule has 5 aromatic rings. The van der Waals surface area contributed by atoms with Crippen LogP contribution in [0.1, 0.15) is 38.8 Å². The van der Waals surface area contributed by atoms with Crippen molar-refractivity contribution >= 4 is 29.9 Å². The molecule has 0 atom stereocenters. The minimum Gasteiger partial charge on any atom is -0.486 e. The number of ether oxygens (including phenoxy) is 2. The summed E-state index contributed by atoms with van der Waals surface area (Å²) >= 11 is 0. The molecule has 0 unspecified atom stereocenters. The number of hydrazone groups is 1. The summed E-state index contributed by atoms with van der Waals surface area (Å²) in [6.07, 6.45) is 3.95. The van der Waals surface area contributed by atoms with Crippen LogP contribution in [0.5, 0.6) is 11.5 Å². The van der Waals surface area contributed by atoms with Crippen LogP contribution in [0, 0.1) is 24.0 Å². The highest BCUT2D eigenvalue weighted by Crippen LogP contribution is 2.24. The summed E-state index contributed by atoms with van der Waals surface area (Å²) in [6.45, 7) is 4.18. The van der Waals surface area contributed by atoms with E-state index in [2.05, 4.69) is 27.2 Å². The van der Waals surface area contributed by atoms with Crippen molar-refractivity contribution in [3.8, 4) is 17.2 Å². The second-order valence-electron chi connectivity index (χ2n) is 9.84. The van der Waals surface area contributed by atoms with Gasteiger partial charge >= 0.3 is 11.9 Å². The van der Waals surface area contributed by atoms with Gasteiger partial charge in [-0.2, -0.15) is 5.10 Å². The summed E-state index contributed by atoms with van der Waals surface area (Å²) in [5, 5.41) is 15.2. The van der Waals surface area contributed by atoms with Gasteiger partial charge in [0.2, 0.25) is 0 Å². The van der Waals surface area contributed by atoms with Gasteiger partial charge < -0.3 is 18.5 Å². The second-order valence-corrected chi connectivity index (χ2v) is 9.84. The van der Waals surface area contributed by atoms with Crippen LogP contribution >= 0.6 is 0 Å². The Morgan fingerprint density at radius 2 is 1.69 bits per heavy atom. The first-order valence-corrected chi connectivity index (χ1v) is 13.8. The molecule has 0 fully saturated rings. The van der Waals surface area contributed by atoms with Crippen LogP contribution in [-0.4, -0.2) is 27.6 Å². The Morgan fingerprint density at radius 1 is 0.956 bits per heavy atom. The number of nitro groups is 1. The molecule has 0 aliphatic heterocycles. The van der Waals surface area contributed by atoms with Crippen molar-refractivity contribution in [2.24, 2.45) is 5.10 Å². The number of rotatable bonds is 11. The van der Waals surface area contributed by atoms with Gasteiger partial charge in [-0.25, -0.2) is 10.2 Å². The average molecular weight is 605 g/mol. The maximum atomic E-state index is 12.6. The molecular weight excluding hydrogens is 576 g/mol. The molecule has 0 aliphatic rings. The molecule has 0 aliphatic carbocycles. The van der Waals surface area contributed by atoms with E-state index in [9.17, 15) is 19.7 Å². The zero-order chi connectivity index (χ0) is 31.8. The fraction of sp³-hybridized carbons (Fsp3) is 0.0882. The Labute approximate surface area is 258 Å². The molecular formula is C34H28N4O7. The third-order valence-electron chi connectivity index (χ3n) is 6.63. The number of nitro benzene ring substituents is 1. The summed E-state index contributed by atoms with van der Waals surface area (Å²) in [6, 6.07) is 27.6. The molecule has 1 N–H and O–H groups in total. The number of esters is 1. The van der Waals surface area contributed by atoms with Crippen molar-refractivity contribution in [1.82, 2.24) is 9.99 Å². The van der Waals surface area contributed by atoms with Crippen molar-refractivity contribution in [1.29, 1.82) is 0 Å². The van der Waals surface area contributed by atoms with Gasteiger partial charge in [-0.1, -0.05) is 30.3 Å². The number of furan rings is 1. The number of nitrogens with one attached hydrogen (secondary N) is 1. The maximum Gasteiger partial charge on any atom is 0.336 e. The van der Waals surface area contributed by atoms with Crippen LogP contribution in [0.2, 0.25) is 0 Å². The van der Waals surface area contributed by atoms with E-state index < -0.39 is 16.8 Å². The maximum absolute atomic E-state index is 12.6. The Bertz CT molecular complexity index is 1870. The lowest BCUT2D eigenvalue weighted by molar-refractivity contribution is -0.384. The van der Waals surface area contributed by atoms with Gasteiger partial charge in [0.05, 0.1) is 11.1 Å². The van der Waals surface area contributed by atoms with E-state index in [-0.39, 0.29) is 29.4 Å². The third-order valence-corrected chi connectivity index (χ3v) is 6.63. The van der Waals surface area contributed by atoms with E-state index in [1.54, 1.807) is 12.1 Å². The Balaban J connectivity index is 1.19. The summed E-state index contributed by atoms with van der Waals surface area (Å²) < 4.78 is 18.9. The smallest absolute Gasteiger partial charge is 0.336 e. The molecule has 0 radical (unpaired) electrons. The monoisotopic (exact) mass is 604 g/mol. The standard InChI is InChI=1S/C34H28N4O7/c1-23-8-9-24(2)37(23)27-11-14-29(15-12-27)43-22-30-16-18-32(44-30)34(40)36-35-21-26-20-28(38(41)42)13-17-31(26)45-33(39)19-10-25-6-4-3-5-7-25/h3-21H,22H2,1-2H3,(H,36,40)/b19-10+,35-21+. The predicted octanol–water partition coefficient (Wildman–Crippen LogP) is 6.56. The number of hydrogen-bond acceptors (Lipinski definition) is 8.